The number of aliphatic hydroxyl groups is 1. The number of unbranched alkanes of at least 4 members (excludes halogenated alkanes) is 8. The number of hydroxylamine groups is 4. The lowest BCUT2D eigenvalue weighted by molar-refractivity contribution is -1.23. The molecule has 34 heavy (non-hydrogen) atoms. The molecule has 1 rings (SSSR count). The lowest BCUT2D eigenvalue weighted by atomic mass is 10.1. The van der Waals surface area contributed by atoms with Crippen LogP contribution in [0.15, 0.2) is 30.3 Å². The second-order valence-corrected chi connectivity index (χ2v) is 8.96. The minimum Gasteiger partial charge on any atom is -1.00 e. The largest absolute Gasteiger partial charge is 1.00 e. The molecule has 0 aliphatic carbocycles. The molecule has 0 aliphatic heterocycles. The van der Waals surface area contributed by atoms with Crippen LogP contribution in [0.3, 0.4) is 0 Å². The highest BCUT2D eigenvalue weighted by Crippen LogP contribution is 2.22. The standard InChI is InChI=1S/C27H46NO5.ClH/c1-4-7-9-11-16-20-26(30)32-28(23-25(29)6-3,22-24-18-14-13-15-19-24)33-27(31)21-17-12-10-8-5-2;/h13-15,18-19,25,29H,4-12,16-17,20-23H2,1-3H3;1H/q+1;/p-1. The van der Waals surface area contributed by atoms with Crippen LogP contribution in [0.2, 0.25) is 0 Å². The van der Waals surface area contributed by atoms with Gasteiger partial charge >= 0.3 is 11.9 Å². The van der Waals surface area contributed by atoms with Crippen LogP contribution in [-0.2, 0) is 25.8 Å². The van der Waals surface area contributed by atoms with Crippen molar-refractivity contribution in [2.45, 2.75) is 117 Å². The number of carbonyl (C=O) groups is 2. The Bertz CT molecular complexity index is 628. The van der Waals surface area contributed by atoms with Crippen molar-refractivity contribution >= 4 is 11.9 Å². The Morgan fingerprint density at radius 1 is 0.794 bits per heavy atom. The Morgan fingerprint density at radius 3 is 1.71 bits per heavy atom. The molecule has 0 heterocycles. The molecule has 0 amide bonds. The summed E-state index contributed by atoms with van der Waals surface area (Å²) in [6.07, 6.45) is 10.5. The first-order valence-electron chi connectivity index (χ1n) is 13.0. The van der Waals surface area contributed by atoms with Crippen molar-refractivity contribution in [1.82, 2.24) is 0 Å². The molecule has 6 nitrogen and oxygen atoms in total. The quantitative estimate of drug-likeness (QED) is 0.179. The zero-order chi connectivity index (χ0) is 24.4. The molecule has 0 fully saturated rings. The predicted octanol–water partition coefficient (Wildman–Crippen LogP) is 3.42. The summed E-state index contributed by atoms with van der Waals surface area (Å²) in [7, 11) is 0. The highest BCUT2D eigenvalue weighted by atomic mass is 35.5. The summed E-state index contributed by atoms with van der Waals surface area (Å²) in [5.74, 6) is -0.803. The van der Waals surface area contributed by atoms with Crippen LogP contribution in [0, 0.1) is 0 Å². The molecule has 1 unspecified atom stereocenters. The van der Waals surface area contributed by atoms with Gasteiger partial charge in [0.25, 0.3) is 0 Å². The number of rotatable bonds is 19. The molecule has 0 spiro atoms. The first-order chi connectivity index (χ1) is 15.9. The number of benzene rings is 1. The second-order valence-electron chi connectivity index (χ2n) is 8.96. The van der Waals surface area contributed by atoms with Gasteiger partial charge in [0.05, 0.1) is 17.7 Å². The number of nitrogens with zero attached hydrogens (tertiary/aromatic N) is 1. The molecule has 1 aromatic carbocycles. The van der Waals surface area contributed by atoms with Gasteiger partial charge in [0, 0.05) is 5.56 Å². The summed E-state index contributed by atoms with van der Waals surface area (Å²) in [5, 5.41) is 10.4. The van der Waals surface area contributed by atoms with Crippen LogP contribution in [0.5, 0.6) is 0 Å². The first-order valence-corrected chi connectivity index (χ1v) is 13.0. The van der Waals surface area contributed by atoms with Crippen molar-refractivity contribution in [2.75, 3.05) is 6.54 Å². The van der Waals surface area contributed by atoms with Crippen LogP contribution < -0.4 is 12.4 Å². The molecule has 1 N–H and O–H groups in total. The van der Waals surface area contributed by atoms with E-state index in [-0.39, 0.29) is 38.3 Å². The minimum atomic E-state index is -0.761. The third kappa shape index (κ3) is 14.6. The van der Waals surface area contributed by atoms with Crippen LogP contribution in [0.1, 0.15) is 110 Å². The Labute approximate surface area is 212 Å². The summed E-state index contributed by atoms with van der Waals surface area (Å²) in [5.41, 5.74) is 0.868. The number of quaternary nitrogens is 1. The maximum Gasteiger partial charge on any atom is 0.372 e. The van der Waals surface area contributed by atoms with Gasteiger partial charge in [0.15, 0.2) is 13.1 Å². The van der Waals surface area contributed by atoms with E-state index in [2.05, 4.69) is 13.8 Å². The highest BCUT2D eigenvalue weighted by molar-refractivity contribution is 5.69. The molecule has 196 valence electrons. The normalized spacial score (nSPS) is 12.0. The van der Waals surface area contributed by atoms with Gasteiger partial charge in [-0.3, -0.25) is 0 Å². The predicted molar refractivity (Wildman–Crippen MR) is 131 cm³/mol. The van der Waals surface area contributed by atoms with Crippen molar-refractivity contribution in [2.24, 2.45) is 0 Å². The Morgan fingerprint density at radius 2 is 1.26 bits per heavy atom. The summed E-state index contributed by atoms with van der Waals surface area (Å²) in [6, 6.07) is 9.51. The summed E-state index contributed by atoms with van der Waals surface area (Å²) >= 11 is 0. The molecule has 0 bridgehead atoms. The van der Waals surface area contributed by atoms with E-state index in [1.807, 2.05) is 37.3 Å². The van der Waals surface area contributed by atoms with Gasteiger partial charge in [-0.25, -0.2) is 19.3 Å². The summed E-state index contributed by atoms with van der Waals surface area (Å²) in [6.45, 7) is 6.34. The summed E-state index contributed by atoms with van der Waals surface area (Å²) in [4.78, 5) is 36.5. The molecule has 0 aliphatic rings. The summed E-state index contributed by atoms with van der Waals surface area (Å²) < 4.78 is 0. The van der Waals surface area contributed by atoms with Crippen LogP contribution >= 0.6 is 0 Å². The number of halogens is 1. The van der Waals surface area contributed by atoms with Crippen molar-refractivity contribution < 1.29 is 41.6 Å². The fourth-order valence-electron chi connectivity index (χ4n) is 3.74. The molecule has 1 aromatic rings. The van der Waals surface area contributed by atoms with Crippen molar-refractivity contribution in [3.8, 4) is 0 Å². The van der Waals surface area contributed by atoms with Crippen LogP contribution in [-0.4, -0.2) is 34.5 Å². The molecule has 1 atom stereocenters. The lowest BCUT2D eigenvalue weighted by Gasteiger charge is -2.32. The minimum absolute atomic E-state index is 0. The molecule has 0 saturated heterocycles. The fraction of sp³-hybridized carbons (Fsp3) is 0.704. The topological polar surface area (TPSA) is 72.8 Å². The highest BCUT2D eigenvalue weighted by Gasteiger charge is 2.41. The van der Waals surface area contributed by atoms with Gasteiger partial charge < -0.3 is 17.5 Å². The molecule has 0 radical (unpaired) electrons. The zero-order valence-electron chi connectivity index (χ0n) is 21.5. The maximum atomic E-state index is 12.8. The number of hydrogen-bond donors (Lipinski definition) is 1. The molecular formula is C27H46ClNO5. The van der Waals surface area contributed by atoms with E-state index < -0.39 is 22.9 Å². The molecule has 7 heteroatoms. The average Bonchev–Trinajstić information content (AvgIpc) is 2.79. The first kappa shape index (κ1) is 32.4. The zero-order valence-corrected chi connectivity index (χ0v) is 22.2. The number of hydrogen-bond acceptors (Lipinski definition) is 5. The smallest absolute Gasteiger partial charge is 0.372 e. The Kier molecular flexibility index (Phi) is 18.7. The number of aliphatic hydroxyl groups excluding tert-OH is 1. The molecular weight excluding hydrogens is 454 g/mol. The van der Waals surface area contributed by atoms with E-state index in [0.29, 0.717) is 6.42 Å². The Balaban J connectivity index is 0.0000109. The molecule has 0 aromatic heterocycles. The SMILES string of the molecule is CCCCCCCC(=O)O[N+](Cc1ccccc1)(CC(O)CC)OC(=O)CCCCCCC.[Cl-]. The maximum absolute atomic E-state index is 12.8. The van der Waals surface area contributed by atoms with E-state index in [4.69, 9.17) is 9.68 Å². The van der Waals surface area contributed by atoms with E-state index >= 15 is 0 Å². The van der Waals surface area contributed by atoms with Crippen LogP contribution in [0.25, 0.3) is 0 Å². The van der Waals surface area contributed by atoms with E-state index in [1.54, 1.807) is 0 Å². The monoisotopic (exact) mass is 499 g/mol. The van der Waals surface area contributed by atoms with Gasteiger partial charge in [-0.2, -0.15) is 0 Å². The average molecular weight is 500 g/mol. The molecule has 0 saturated carbocycles. The van der Waals surface area contributed by atoms with Gasteiger partial charge in [-0.15, -0.1) is 0 Å². The number of carbonyl (C=O) groups excluding carboxylic acids is 2. The van der Waals surface area contributed by atoms with Crippen LogP contribution in [0.4, 0.5) is 0 Å². The van der Waals surface area contributed by atoms with Gasteiger partial charge in [-0.1, -0.05) is 102 Å². The third-order valence-electron chi connectivity index (χ3n) is 5.73. The van der Waals surface area contributed by atoms with E-state index in [9.17, 15) is 14.7 Å². The fourth-order valence-corrected chi connectivity index (χ4v) is 3.74. The van der Waals surface area contributed by atoms with E-state index in [0.717, 1.165) is 69.8 Å². The van der Waals surface area contributed by atoms with Crippen molar-refractivity contribution in [1.29, 1.82) is 0 Å². The Hall–Kier alpha value is -1.63. The lowest BCUT2D eigenvalue weighted by Crippen LogP contribution is -3.00. The van der Waals surface area contributed by atoms with Crippen molar-refractivity contribution in [3.05, 3.63) is 35.9 Å². The van der Waals surface area contributed by atoms with Gasteiger partial charge in [-0.05, 0) is 19.3 Å². The van der Waals surface area contributed by atoms with Crippen molar-refractivity contribution in [3.63, 3.8) is 0 Å². The third-order valence-corrected chi connectivity index (χ3v) is 5.73. The van der Waals surface area contributed by atoms with Gasteiger partial charge in [0.2, 0.25) is 0 Å². The van der Waals surface area contributed by atoms with Gasteiger partial charge in [0.1, 0.15) is 6.10 Å². The van der Waals surface area contributed by atoms with E-state index in [1.165, 1.54) is 0 Å². The second kappa shape index (κ2) is 19.7.